The van der Waals surface area contributed by atoms with E-state index in [0.29, 0.717) is 24.5 Å². The van der Waals surface area contributed by atoms with Crippen molar-refractivity contribution in [3.05, 3.63) is 24.0 Å². The van der Waals surface area contributed by atoms with Crippen LogP contribution in [0, 0.1) is 0 Å². The molecule has 0 unspecified atom stereocenters. The molecule has 0 aliphatic heterocycles. The zero-order valence-electron chi connectivity index (χ0n) is 10.2. The molecule has 17 heavy (non-hydrogen) atoms. The minimum atomic E-state index is -0.815. The zero-order chi connectivity index (χ0) is 12.7. The second-order valence-electron chi connectivity index (χ2n) is 3.46. The number of nitrogen functional groups attached to an aromatic ring is 1. The monoisotopic (exact) mass is 238 g/mol. The molecule has 0 fully saturated rings. The predicted octanol–water partition coefficient (Wildman–Crippen LogP) is 1.17. The lowest BCUT2D eigenvalue weighted by molar-refractivity contribution is -0.167. The first-order chi connectivity index (χ1) is 8.19. The van der Waals surface area contributed by atoms with Gasteiger partial charge < -0.3 is 15.2 Å². The number of anilines is 1. The summed E-state index contributed by atoms with van der Waals surface area (Å²) in [7, 11) is 0. The van der Waals surface area contributed by atoms with Crippen LogP contribution in [-0.4, -0.2) is 30.3 Å². The minimum absolute atomic E-state index is 0.145. The van der Waals surface area contributed by atoms with Crippen LogP contribution in [0.25, 0.3) is 0 Å². The van der Waals surface area contributed by atoms with Crippen molar-refractivity contribution in [3.8, 4) is 0 Å². The Labute approximate surface area is 101 Å². The molecule has 5 heteroatoms. The van der Waals surface area contributed by atoms with E-state index in [1.165, 1.54) is 0 Å². The van der Waals surface area contributed by atoms with Crippen LogP contribution in [0.15, 0.2) is 18.5 Å². The highest BCUT2D eigenvalue weighted by Crippen LogP contribution is 2.11. The number of hydrogen-bond acceptors (Lipinski definition) is 5. The average molecular weight is 238 g/mol. The summed E-state index contributed by atoms with van der Waals surface area (Å²) in [6.45, 7) is 4.49. The van der Waals surface area contributed by atoms with Crippen molar-refractivity contribution in [1.29, 1.82) is 0 Å². The number of carbonyl (C=O) groups excluding carboxylic acids is 1. The number of nitrogens with two attached hydrogens (primary N) is 1. The molecule has 2 N–H and O–H groups in total. The lowest BCUT2D eigenvalue weighted by atomic mass is 10.1. The van der Waals surface area contributed by atoms with Crippen LogP contribution >= 0.6 is 0 Å². The number of ether oxygens (including phenoxy) is 2. The fraction of sp³-hybridized carbons (Fsp3) is 0.500. The van der Waals surface area contributed by atoms with Gasteiger partial charge in [-0.15, -0.1) is 0 Å². The molecule has 1 heterocycles. The number of rotatable bonds is 7. The van der Waals surface area contributed by atoms with Gasteiger partial charge >= 0.3 is 0 Å². The molecular formula is C12H18N2O3. The van der Waals surface area contributed by atoms with Gasteiger partial charge in [0.15, 0.2) is 5.78 Å². The second kappa shape index (κ2) is 6.98. The summed E-state index contributed by atoms with van der Waals surface area (Å²) < 4.78 is 10.4. The Hall–Kier alpha value is -1.46. The van der Waals surface area contributed by atoms with Crippen molar-refractivity contribution in [3.63, 3.8) is 0 Å². The maximum Gasteiger partial charge on any atom is 0.218 e. The summed E-state index contributed by atoms with van der Waals surface area (Å²) in [6.07, 6.45) is 2.53. The van der Waals surface area contributed by atoms with Crippen LogP contribution < -0.4 is 5.73 Å². The highest BCUT2D eigenvalue weighted by molar-refractivity contribution is 5.85. The maximum atomic E-state index is 11.9. The molecule has 0 saturated heterocycles. The molecule has 0 atom stereocenters. The lowest BCUT2D eigenvalue weighted by Crippen LogP contribution is -2.29. The molecule has 1 rings (SSSR count). The van der Waals surface area contributed by atoms with Crippen LogP contribution in [0.2, 0.25) is 0 Å². The summed E-state index contributed by atoms with van der Waals surface area (Å²) in [5.74, 6) is -0.145. The number of carbonyl (C=O) groups is 1. The van der Waals surface area contributed by atoms with Crippen molar-refractivity contribution in [2.75, 3.05) is 18.9 Å². The second-order valence-corrected chi connectivity index (χ2v) is 3.46. The molecule has 0 aliphatic rings. The Morgan fingerprint density at radius 1 is 1.41 bits per heavy atom. The Bertz CT molecular complexity index is 363. The van der Waals surface area contributed by atoms with Gasteiger partial charge in [-0.2, -0.15) is 0 Å². The summed E-state index contributed by atoms with van der Waals surface area (Å²) in [5.41, 5.74) is 6.99. The standard InChI is InChI=1S/C12H18N2O3/c1-3-16-12(17-4-2)11(15)7-9-8-14-6-5-10(9)13/h5-6,8,12H,3-4,7H2,1-2H3,(H2,13,14). The first-order valence-corrected chi connectivity index (χ1v) is 5.63. The minimum Gasteiger partial charge on any atom is -0.398 e. The van der Waals surface area contributed by atoms with Gasteiger partial charge in [0.2, 0.25) is 6.29 Å². The van der Waals surface area contributed by atoms with E-state index < -0.39 is 6.29 Å². The summed E-state index contributed by atoms with van der Waals surface area (Å²) in [4.78, 5) is 15.8. The van der Waals surface area contributed by atoms with Gasteiger partial charge in [0.1, 0.15) is 0 Å². The fourth-order valence-corrected chi connectivity index (χ4v) is 1.39. The van der Waals surface area contributed by atoms with Crippen molar-refractivity contribution < 1.29 is 14.3 Å². The molecule has 0 aliphatic carbocycles. The van der Waals surface area contributed by atoms with Gasteiger partial charge in [-0.3, -0.25) is 9.78 Å². The first-order valence-electron chi connectivity index (χ1n) is 5.63. The van der Waals surface area contributed by atoms with Crippen LogP contribution in [0.4, 0.5) is 5.69 Å². The van der Waals surface area contributed by atoms with E-state index in [4.69, 9.17) is 15.2 Å². The third-order valence-electron chi connectivity index (χ3n) is 2.20. The number of nitrogens with zero attached hydrogens (tertiary/aromatic N) is 1. The Balaban J connectivity index is 2.66. The van der Waals surface area contributed by atoms with Gasteiger partial charge in [-0.1, -0.05) is 0 Å². The highest BCUT2D eigenvalue weighted by atomic mass is 16.7. The Morgan fingerprint density at radius 2 is 2.06 bits per heavy atom. The SMILES string of the molecule is CCOC(OCC)C(=O)Cc1cnccc1N. The molecule has 0 saturated carbocycles. The van der Waals surface area contributed by atoms with Crippen molar-refractivity contribution in [1.82, 2.24) is 4.98 Å². The van der Waals surface area contributed by atoms with E-state index in [-0.39, 0.29) is 12.2 Å². The van der Waals surface area contributed by atoms with Crippen molar-refractivity contribution in [2.24, 2.45) is 0 Å². The number of pyridine rings is 1. The largest absolute Gasteiger partial charge is 0.398 e. The zero-order valence-corrected chi connectivity index (χ0v) is 10.2. The first kappa shape index (κ1) is 13.6. The van der Waals surface area contributed by atoms with Crippen LogP contribution in [0.3, 0.4) is 0 Å². The van der Waals surface area contributed by atoms with Gasteiger partial charge in [0, 0.05) is 43.3 Å². The number of Topliss-reactive ketones (excluding diaryl/α,β-unsaturated/α-hetero) is 1. The summed E-state index contributed by atoms with van der Waals surface area (Å²) in [6, 6.07) is 1.67. The van der Waals surface area contributed by atoms with E-state index in [2.05, 4.69) is 4.98 Å². The third kappa shape index (κ3) is 4.13. The fourth-order valence-electron chi connectivity index (χ4n) is 1.39. The van der Waals surface area contributed by atoms with Crippen molar-refractivity contribution >= 4 is 11.5 Å². The average Bonchev–Trinajstić information content (AvgIpc) is 2.32. The van der Waals surface area contributed by atoms with Crippen LogP contribution in [0.5, 0.6) is 0 Å². The molecule has 1 aromatic heterocycles. The third-order valence-corrected chi connectivity index (χ3v) is 2.20. The van der Waals surface area contributed by atoms with Crippen LogP contribution in [-0.2, 0) is 20.7 Å². The Morgan fingerprint density at radius 3 is 2.59 bits per heavy atom. The maximum absolute atomic E-state index is 11.9. The Kier molecular flexibility index (Phi) is 5.59. The van der Waals surface area contributed by atoms with Gasteiger partial charge in [-0.05, 0) is 19.9 Å². The molecule has 0 bridgehead atoms. The number of aromatic nitrogens is 1. The molecule has 0 spiro atoms. The van der Waals surface area contributed by atoms with Gasteiger partial charge in [0.25, 0.3) is 0 Å². The molecule has 5 nitrogen and oxygen atoms in total. The molecule has 1 aromatic rings. The smallest absolute Gasteiger partial charge is 0.218 e. The number of ketones is 1. The van der Waals surface area contributed by atoms with Gasteiger partial charge in [0.05, 0.1) is 0 Å². The van der Waals surface area contributed by atoms with E-state index in [9.17, 15) is 4.79 Å². The quantitative estimate of drug-likeness (QED) is 0.722. The van der Waals surface area contributed by atoms with E-state index in [0.717, 1.165) is 0 Å². The molecule has 94 valence electrons. The topological polar surface area (TPSA) is 74.4 Å². The molecule has 0 radical (unpaired) electrons. The van der Waals surface area contributed by atoms with Crippen molar-refractivity contribution in [2.45, 2.75) is 26.6 Å². The van der Waals surface area contributed by atoms with E-state index in [1.54, 1.807) is 18.5 Å². The molecule has 0 aromatic carbocycles. The lowest BCUT2D eigenvalue weighted by Gasteiger charge is -2.15. The van der Waals surface area contributed by atoms with E-state index >= 15 is 0 Å². The van der Waals surface area contributed by atoms with Crippen LogP contribution in [0.1, 0.15) is 19.4 Å². The highest BCUT2D eigenvalue weighted by Gasteiger charge is 2.19. The predicted molar refractivity (Wildman–Crippen MR) is 64.4 cm³/mol. The van der Waals surface area contributed by atoms with E-state index in [1.807, 2.05) is 13.8 Å². The normalized spacial score (nSPS) is 10.8. The molecular weight excluding hydrogens is 220 g/mol. The van der Waals surface area contributed by atoms with Gasteiger partial charge in [-0.25, -0.2) is 0 Å². The number of hydrogen-bond donors (Lipinski definition) is 1. The summed E-state index contributed by atoms with van der Waals surface area (Å²) in [5, 5.41) is 0. The molecule has 0 amide bonds. The summed E-state index contributed by atoms with van der Waals surface area (Å²) >= 11 is 0.